The van der Waals surface area contributed by atoms with Crippen molar-refractivity contribution in [2.75, 3.05) is 6.54 Å². The Bertz CT molecular complexity index is 380. The summed E-state index contributed by atoms with van der Waals surface area (Å²) in [5.74, 6) is 0.316. The molecule has 1 amide bonds. The van der Waals surface area contributed by atoms with Crippen LogP contribution in [0.3, 0.4) is 0 Å². The van der Waals surface area contributed by atoms with Gasteiger partial charge in [-0.25, -0.2) is 0 Å². The third kappa shape index (κ3) is 2.53. The fraction of sp³-hybridized carbons (Fsp3) is 0.615. The Balaban J connectivity index is 1.68. The first kappa shape index (κ1) is 11.2. The molecule has 1 atom stereocenters. The summed E-state index contributed by atoms with van der Waals surface area (Å²) in [5, 5.41) is 7.54. The standard InChI is InChI=1S/C13H18N2OS/c16-13(12-2-1-6-14-12)15(11-3-4-11)8-10-5-7-17-9-10/h5,7,9,11-12,14H,1-4,6,8H2. The Labute approximate surface area is 106 Å². The van der Waals surface area contributed by atoms with Gasteiger partial charge in [-0.3, -0.25) is 4.79 Å². The van der Waals surface area contributed by atoms with Crippen molar-refractivity contribution < 1.29 is 4.79 Å². The smallest absolute Gasteiger partial charge is 0.240 e. The van der Waals surface area contributed by atoms with Crippen LogP contribution in [-0.2, 0) is 11.3 Å². The Morgan fingerprint density at radius 1 is 1.47 bits per heavy atom. The van der Waals surface area contributed by atoms with Crippen LogP contribution < -0.4 is 5.32 Å². The Morgan fingerprint density at radius 3 is 2.94 bits per heavy atom. The Hall–Kier alpha value is -0.870. The highest BCUT2D eigenvalue weighted by molar-refractivity contribution is 7.07. The van der Waals surface area contributed by atoms with Gasteiger partial charge in [0.15, 0.2) is 0 Å². The molecule has 1 saturated heterocycles. The third-order valence-electron chi connectivity index (χ3n) is 3.56. The summed E-state index contributed by atoms with van der Waals surface area (Å²) in [6, 6.07) is 2.70. The maximum absolute atomic E-state index is 12.4. The van der Waals surface area contributed by atoms with Gasteiger partial charge in [-0.15, -0.1) is 0 Å². The molecule has 1 unspecified atom stereocenters. The zero-order valence-corrected chi connectivity index (χ0v) is 10.7. The van der Waals surface area contributed by atoms with E-state index in [4.69, 9.17) is 0 Å². The Kier molecular flexibility index (Phi) is 3.16. The largest absolute Gasteiger partial charge is 0.334 e. The summed E-state index contributed by atoms with van der Waals surface area (Å²) in [7, 11) is 0. The molecule has 0 bridgehead atoms. The molecule has 3 rings (SSSR count). The Morgan fingerprint density at radius 2 is 2.35 bits per heavy atom. The first-order valence-electron chi connectivity index (χ1n) is 6.39. The van der Waals surface area contributed by atoms with Crippen LogP contribution in [0, 0.1) is 0 Å². The molecule has 2 heterocycles. The van der Waals surface area contributed by atoms with Crippen LogP contribution in [0.4, 0.5) is 0 Å². The number of rotatable bonds is 4. The summed E-state index contributed by atoms with van der Waals surface area (Å²) in [6.07, 6.45) is 4.50. The summed E-state index contributed by atoms with van der Waals surface area (Å²) in [4.78, 5) is 14.5. The van der Waals surface area contributed by atoms with Crippen LogP contribution in [-0.4, -0.2) is 29.4 Å². The highest BCUT2D eigenvalue weighted by Crippen LogP contribution is 2.30. The minimum absolute atomic E-state index is 0.0780. The first-order chi connectivity index (χ1) is 8.34. The molecule has 2 aliphatic rings. The zero-order valence-electron chi connectivity index (χ0n) is 9.89. The normalized spacial score (nSPS) is 23.9. The van der Waals surface area contributed by atoms with Gasteiger partial charge >= 0.3 is 0 Å². The first-order valence-corrected chi connectivity index (χ1v) is 7.34. The van der Waals surface area contributed by atoms with Crippen LogP contribution in [0.5, 0.6) is 0 Å². The number of hydrogen-bond donors (Lipinski definition) is 1. The maximum atomic E-state index is 12.4. The van der Waals surface area contributed by atoms with Crippen molar-refractivity contribution in [3.63, 3.8) is 0 Å². The SMILES string of the molecule is O=C(C1CCCN1)N(Cc1ccsc1)C1CC1. The van der Waals surface area contributed by atoms with Gasteiger partial charge in [-0.2, -0.15) is 11.3 Å². The molecule has 1 aromatic heterocycles. The molecule has 0 radical (unpaired) electrons. The van der Waals surface area contributed by atoms with E-state index < -0.39 is 0 Å². The van der Waals surface area contributed by atoms with E-state index in [0.29, 0.717) is 11.9 Å². The topological polar surface area (TPSA) is 32.3 Å². The van der Waals surface area contributed by atoms with Crippen LogP contribution in [0.25, 0.3) is 0 Å². The van der Waals surface area contributed by atoms with Crippen molar-refractivity contribution >= 4 is 17.2 Å². The predicted octanol–water partition coefficient (Wildman–Crippen LogP) is 1.99. The maximum Gasteiger partial charge on any atom is 0.240 e. The van der Waals surface area contributed by atoms with Gasteiger partial charge in [0.05, 0.1) is 6.04 Å². The third-order valence-corrected chi connectivity index (χ3v) is 4.29. The van der Waals surface area contributed by atoms with Gasteiger partial charge in [0.1, 0.15) is 0 Å². The number of thiophene rings is 1. The average Bonchev–Trinajstić information content (AvgIpc) is 2.86. The number of amides is 1. The van der Waals surface area contributed by atoms with Crippen LogP contribution in [0.2, 0.25) is 0 Å². The minimum atomic E-state index is 0.0780. The van der Waals surface area contributed by atoms with E-state index in [2.05, 4.69) is 27.0 Å². The van der Waals surface area contributed by atoms with Gasteiger partial charge in [0, 0.05) is 12.6 Å². The van der Waals surface area contributed by atoms with E-state index in [9.17, 15) is 4.79 Å². The van der Waals surface area contributed by atoms with Crippen molar-refractivity contribution in [2.45, 2.75) is 44.3 Å². The molecule has 1 aromatic rings. The molecule has 2 fully saturated rings. The zero-order chi connectivity index (χ0) is 11.7. The second-order valence-electron chi connectivity index (χ2n) is 4.98. The number of nitrogens with zero attached hydrogens (tertiary/aromatic N) is 1. The molecule has 4 heteroatoms. The molecule has 1 N–H and O–H groups in total. The molecule has 0 aromatic carbocycles. The highest BCUT2D eigenvalue weighted by atomic mass is 32.1. The molecule has 1 aliphatic carbocycles. The summed E-state index contributed by atoms with van der Waals surface area (Å²) in [5.41, 5.74) is 1.27. The summed E-state index contributed by atoms with van der Waals surface area (Å²) in [6.45, 7) is 1.79. The predicted molar refractivity (Wildman–Crippen MR) is 68.9 cm³/mol. The molecule has 3 nitrogen and oxygen atoms in total. The van der Waals surface area contributed by atoms with Crippen molar-refractivity contribution in [2.24, 2.45) is 0 Å². The van der Waals surface area contributed by atoms with E-state index in [-0.39, 0.29) is 6.04 Å². The number of nitrogens with one attached hydrogen (secondary N) is 1. The van der Waals surface area contributed by atoms with Crippen molar-refractivity contribution in [3.8, 4) is 0 Å². The lowest BCUT2D eigenvalue weighted by atomic mass is 10.2. The number of hydrogen-bond acceptors (Lipinski definition) is 3. The molecular formula is C13H18N2OS. The fourth-order valence-corrected chi connectivity index (χ4v) is 3.11. The van der Waals surface area contributed by atoms with Crippen molar-refractivity contribution in [1.82, 2.24) is 10.2 Å². The monoisotopic (exact) mass is 250 g/mol. The lowest BCUT2D eigenvalue weighted by Gasteiger charge is -2.25. The van der Waals surface area contributed by atoms with Crippen LogP contribution >= 0.6 is 11.3 Å². The van der Waals surface area contributed by atoms with E-state index in [1.807, 2.05) is 0 Å². The molecule has 1 aliphatic heterocycles. The minimum Gasteiger partial charge on any atom is -0.334 e. The van der Waals surface area contributed by atoms with Gasteiger partial charge in [0.25, 0.3) is 0 Å². The molecule has 0 spiro atoms. The average molecular weight is 250 g/mol. The van der Waals surface area contributed by atoms with E-state index in [1.165, 1.54) is 18.4 Å². The molecule has 17 heavy (non-hydrogen) atoms. The lowest BCUT2D eigenvalue weighted by molar-refractivity contribution is -0.134. The van der Waals surface area contributed by atoms with Gasteiger partial charge in [0.2, 0.25) is 5.91 Å². The van der Waals surface area contributed by atoms with E-state index >= 15 is 0 Å². The molecule has 1 saturated carbocycles. The van der Waals surface area contributed by atoms with E-state index in [0.717, 1.165) is 25.9 Å². The number of carbonyl (C=O) groups excluding carboxylic acids is 1. The van der Waals surface area contributed by atoms with E-state index in [1.54, 1.807) is 11.3 Å². The van der Waals surface area contributed by atoms with Gasteiger partial charge in [-0.1, -0.05) is 0 Å². The highest BCUT2D eigenvalue weighted by Gasteiger charge is 2.36. The number of carbonyl (C=O) groups is 1. The fourth-order valence-electron chi connectivity index (χ4n) is 2.45. The second kappa shape index (κ2) is 4.78. The summed E-state index contributed by atoms with van der Waals surface area (Å²) >= 11 is 1.70. The van der Waals surface area contributed by atoms with Crippen LogP contribution in [0.1, 0.15) is 31.2 Å². The summed E-state index contributed by atoms with van der Waals surface area (Å²) < 4.78 is 0. The molecule has 92 valence electrons. The van der Waals surface area contributed by atoms with Gasteiger partial charge < -0.3 is 10.2 Å². The van der Waals surface area contributed by atoms with Crippen LogP contribution in [0.15, 0.2) is 16.8 Å². The van der Waals surface area contributed by atoms with Crippen molar-refractivity contribution in [1.29, 1.82) is 0 Å². The van der Waals surface area contributed by atoms with Gasteiger partial charge in [-0.05, 0) is 54.6 Å². The molecular weight excluding hydrogens is 232 g/mol. The van der Waals surface area contributed by atoms with Crippen molar-refractivity contribution in [3.05, 3.63) is 22.4 Å². The lowest BCUT2D eigenvalue weighted by Crippen LogP contribution is -2.44. The second-order valence-corrected chi connectivity index (χ2v) is 5.76. The quantitative estimate of drug-likeness (QED) is 0.886.